The first-order valence-corrected chi connectivity index (χ1v) is 12.0. The Hall–Kier alpha value is -3.56. The fourth-order valence-electron chi connectivity index (χ4n) is 5.38. The molecule has 0 spiro atoms. The first kappa shape index (κ1) is 19.0. The van der Waals surface area contributed by atoms with Crippen molar-refractivity contribution in [3.8, 4) is 0 Å². The summed E-state index contributed by atoms with van der Waals surface area (Å²) < 4.78 is 0.948. The smallest absolute Gasteiger partial charge is 0.261 e. The molecule has 2 fully saturated rings. The zero-order valence-electron chi connectivity index (χ0n) is 17.6. The second-order valence-electron chi connectivity index (χ2n) is 8.80. The fraction of sp³-hybridized carbons (Fsp3) is 0.250. The molecule has 2 amide bonds. The standard InChI is InChI=1S/C24H20N6O2S/c31-22-18(14-9-26-16-6-8-33-21(14)16)19(23(32)29-22)20-13-3-1-2-4-15(13)27-24(28-20)30-10-12-5-7-25-17(12)11-30/h1-4,6,8-9,12,17,25-26H,5,7,10-11H2,(H,29,31,32)/t12-,17+/m0/s1. The molecule has 1 aromatic carbocycles. The van der Waals surface area contributed by atoms with Gasteiger partial charge in [0.05, 0.1) is 32.6 Å². The molecular formula is C24H20N6O2S. The summed E-state index contributed by atoms with van der Waals surface area (Å²) in [6.07, 6.45) is 2.95. The van der Waals surface area contributed by atoms with Crippen LogP contribution in [0.2, 0.25) is 0 Å². The lowest BCUT2D eigenvalue weighted by Gasteiger charge is -2.19. The summed E-state index contributed by atoms with van der Waals surface area (Å²) in [6, 6.07) is 10.1. The van der Waals surface area contributed by atoms with Crippen molar-refractivity contribution < 1.29 is 9.59 Å². The van der Waals surface area contributed by atoms with E-state index in [0.29, 0.717) is 34.7 Å². The Labute approximate surface area is 192 Å². The highest BCUT2D eigenvalue weighted by Gasteiger charge is 2.39. The van der Waals surface area contributed by atoms with E-state index in [2.05, 4.69) is 20.5 Å². The van der Waals surface area contributed by atoms with Gasteiger partial charge >= 0.3 is 0 Å². The van der Waals surface area contributed by atoms with Crippen molar-refractivity contribution in [2.45, 2.75) is 12.5 Å². The second-order valence-corrected chi connectivity index (χ2v) is 9.72. The number of nitrogens with one attached hydrogen (secondary N) is 3. The van der Waals surface area contributed by atoms with Gasteiger partial charge in [0.25, 0.3) is 11.8 Å². The molecule has 7 rings (SSSR count). The van der Waals surface area contributed by atoms with Crippen LogP contribution >= 0.6 is 11.3 Å². The number of amides is 2. The van der Waals surface area contributed by atoms with Crippen LogP contribution in [0.1, 0.15) is 17.7 Å². The van der Waals surface area contributed by atoms with E-state index in [0.717, 1.165) is 52.7 Å². The average Bonchev–Trinajstić information content (AvgIpc) is 3.60. The van der Waals surface area contributed by atoms with Crippen molar-refractivity contribution >= 4 is 61.4 Å². The Kier molecular flexibility index (Phi) is 4.00. The van der Waals surface area contributed by atoms with Gasteiger partial charge in [0.15, 0.2) is 0 Å². The number of rotatable bonds is 3. The molecule has 3 N–H and O–H groups in total. The summed E-state index contributed by atoms with van der Waals surface area (Å²) >= 11 is 1.54. The number of hydrogen-bond acceptors (Lipinski definition) is 7. The Bertz CT molecular complexity index is 1490. The van der Waals surface area contributed by atoms with Gasteiger partial charge in [-0.3, -0.25) is 14.9 Å². The van der Waals surface area contributed by atoms with Crippen molar-refractivity contribution in [1.82, 2.24) is 25.6 Å². The summed E-state index contributed by atoms with van der Waals surface area (Å²) in [5, 5.41) is 8.79. The number of para-hydroxylation sites is 1. The number of carbonyl (C=O) groups is 2. The molecular weight excluding hydrogens is 436 g/mol. The maximum Gasteiger partial charge on any atom is 0.261 e. The number of fused-ring (bicyclic) bond motifs is 3. The number of carbonyl (C=O) groups excluding carboxylic acids is 2. The van der Waals surface area contributed by atoms with E-state index in [1.807, 2.05) is 35.7 Å². The van der Waals surface area contributed by atoms with Gasteiger partial charge in [0.2, 0.25) is 5.95 Å². The molecule has 4 aromatic rings. The normalized spacial score (nSPS) is 22.7. The van der Waals surface area contributed by atoms with Crippen LogP contribution in [-0.4, -0.2) is 52.4 Å². The Balaban J connectivity index is 1.46. The second kappa shape index (κ2) is 6.97. The van der Waals surface area contributed by atoms with Crippen molar-refractivity contribution in [3.05, 3.63) is 53.2 Å². The maximum absolute atomic E-state index is 13.1. The van der Waals surface area contributed by atoms with Crippen LogP contribution in [-0.2, 0) is 9.59 Å². The first-order valence-electron chi connectivity index (χ1n) is 11.1. The van der Waals surface area contributed by atoms with Gasteiger partial charge in [0, 0.05) is 36.3 Å². The number of nitrogens with zero attached hydrogens (tertiary/aromatic N) is 3. The minimum Gasteiger partial charge on any atom is -0.360 e. The predicted molar refractivity (Wildman–Crippen MR) is 128 cm³/mol. The quantitative estimate of drug-likeness (QED) is 0.410. The summed E-state index contributed by atoms with van der Waals surface area (Å²) in [4.78, 5) is 41.2. The van der Waals surface area contributed by atoms with Crippen molar-refractivity contribution in [2.75, 3.05) is 24.5 Å². The molecule has 2 atom stereocenters. The van der Waals surface area contributed by atoms with Crippen molar-refractivity contribution in [2.24, 2.45) is 5.92 Å². The Morgan fingerprint density at radius 2 is 1.91 bits per heavy atom. The molecule has 33 heavy (non-hydrogen) atoms. The zero-order chi connectivity index (χ0) is 22.1. The summed E-state index contributed by atoms with van der Waals surface area (Å²) in [5.41, 5.74) is 3.61. The van der Waals surface area contributed by atoms with Gasteiger partial charge in [-0.25, -0.2) is 9.97 Å². The molecule has 3 aromatic heterocycles. The largest absolute Gasteiger partial charge is 0.360 e. The molecule has 8 nitrogen and oxygen atoms in total. The van der Waals surface area contributed by atoms with Gasteiger partial charge in [-0.2, -0.15) is 0 Å². The van der Waals surface area contributed by atoms with E-state index >= 15 is 0 Å². The topological polar surface area (TPSA) is 103 Å². The van der Waals surface area contributed by atoms with E-state index in [4.69, 9.17) is 9.97 Å². The van der Waals surface area contributed by atoms with E-state index in [9.17, 15) is 9.59 Å². The number of anilines is 1. The Morgan fingerprint density at radius 3 is 2.82 bits per heavy atom. The highest BCUT2D eigenvalue weighted by Crippen LogP contribution is 2.39. The third-order valence-electron chi connectivity index (χ3n) is 6.96. The van der Waals surface area contributed by atoms with Gasteiger partial charge < -0.3 is 15.2 Å². The summed E-state index contributed by atoms with van der Waals surface area (Å²) in [6.45, 7) is 2.78. The van der Waals surface area contributed by atoms with Crippen LogP contribution in [0.5, 0.6) is 0 Å². The summed E-state index contributed by atoms with van der Waals surface area (Å²) in [7, 11) is 0. The van der Waals surface area contributed by atoms with Gasteiger partial charge in [-0.05, 0) is 36.4 Å². The molecule has 0 aliphatic carbocycles. The molecule has 6 heterocycles. The van der Waals surface area contributed by atoms with Crippen LogP contribution < -0.4 is 15.5 Å². The number of benzene rings is 1. The van der Waals surface area contributed by atoms with Gasteiger partial charge in [-0.15, -0.1) is 11.3 Å². The number of H-pyrrole nitrogens is 1. The van der Waals surface area contributed by atoms with E-state index in [1.165, 1.54) is 11.3 Å². The number of aromatic nitrogens is 3. The lowest BCUT2D eigenvalue weighted by molar-refractivity contribution is -0.122. The molecule has 3 aliphatic rings. The fourth-order valence-corrected chi connectivity index (χ4v) is 6.26. The lowest BCUT2D eigenvalue weighted by atomic mass is 9.99. The number of imide groups is 1. The molecule has 2 saturated heterocycles. The van der Waals surface area contributed by atoms with Crippen LogP contribution in [0.4, 0.5) is 5.95 Å². The lowest BCUT2D eigenvalue weighted by Crippen LogP contribution is -2.31. The zero-order valence-corrected chi connectivity index (χ0v) is 18.4. The molecule has 164 valence electrons. The van der Waals surface area contributed by atoms with Crippen LogP contribution in [0.3, 0.4) is 0 Å². The van der Waals surface area contributed by atoms with E-state index in [-0.39, 0.29) is 0 Å². The minimum atomic E-state index is -0.421. The van der Waals surface area contributed by atoms with Crippen LogP contribution in [0.15, 0.2) is 41.9 Å². The highest BCUT2D eigenvalue weighted by molar-refractivity contribution is 7.17. The Morgan fingerprint density at radius 1 is 1.03 bits per heavy atom. The highest BCUT2D eigenvalue weighted by atomic mass is 32.1. The summed E-state index contributed by atoms with van der Waals surface area (Å²) in [5.74, 6) is 0.375. The predicted octanol–water partition coefficient (Wildman–Crippen LogP) is 2.54. The number of thiophene rings is 1. The molecule has 0 radical (unpaired) electrons. The monoisotopic (exact) mass is 456 g/mol. The minimum absolute atomic E-state index is 0.312. The SMILES string of the molecule is O=C1NC(=O)C(c2c[nH]c3ccsc23)=C1c1nc(N2C[C@@H]3CCN[C@@H]3C2)nc2ccccc12. The third-order valence-corrected chi connectivity index (χ3v) is 7.90. The maximum atomic E-state index is 13.1. The first-order chi connectivity index (χ1) is 16.2. The molecule has 0 unspecified atom stereocenters. The van der Waals surface area contributed by atoms with E-state index in [1.54, 1.807) is 6.20 Å². The van der Waals surface area contributed by atoms with Gasteiger partial charge in [0.1, 0.15) is 0 Å². The molecule has 9 heteroatoms. The van der Waals surface area contributed by atoms with Crippen LogP contribution in [0.25, 0.3) is 32.3 Å². The van der Waals surface area contributed by atoms with Crippen molar-refractivity contribution in [3.63, 3.8) is 0 Å². The number of hydrogen-bond donors (Lipinski definition) is 3. The van der Waals surface area contributed by atoms with Crippen LogP contribution in [0, 0.1) is 5.92 Å². The molecule has 0 saturated carbocycles. The molecule has 3 aliphatic heterocycles. The molecule has 0 bridgehead atoms. The third kappa shape index (κ3) is 2.79. The van der Waals surface area contributed by atoms with Gasteiger partial charge in [-0.1, -0.05) is 18.2 Å². The van der Waals surface area contributed by atoms with E-state index < -0.39 is 11.8 Å². The average molecular weight is 457 g/mol. The van der Waals surface area contributed by atoms with Crippen molar-refractivity contribution in [1.29, 1.82) is 0 Å². The number of aromatic amines is 1.